The van der Waals surface area contributed by atoms with Gasteiger partial charge in [-0.2, -0.15) is 5.06 Å². The maximum absolute atomic E-state index is 12.4. The molecule has 0 saturated carbocycles. The number of rotatable bonds is 1. The summed E-state index contributed by atoms with van der Waals surface area (Å²) < 4.78 is 6.07. The predicted octanol–water partition coefficient (Wildman–Crippen LogP) is 1.16. The molecule has 0 aliphatic carbocycles. The van der Waals surface area contributed by atoms with Gasteiger partial charge in [-0.15, -0.1) is 0 Å². The molecule has 0 unspecified atom stereocenters. The number of hydroxylamine groups is 2. The lowest BCUT2D eigenvalue weighted by Crippen LogP contribution is -2.62. The highest BCUT2D eigenvalue weighted by Gasteiger charge is 2.48. The summed E-state index contributed by atoms with van der Waals surface area (Å²) in [5, 5.41) is 4.65. The molecule has 3 rings (SSSR count). The first-order chi connectivity index (χ1) is 8.77. The van der Waals surface area contributed by atoms with Gasteiger partial charge in [0.05, 0.1) is 12.7 Å². The van der Waals surface area contributed by atoms with Crippen LogP contribution in [0.2, 0.25) is 0 Å². The fourth-order valence-corrected chi connectivity index (χ4v) is 2.64. The van der Waals surface area contributed by atoms with Crippen molar-refractivity contribution in [2.75, 3.05) is 20.2 Å². The Hall–Kier alpha value is -1.59. The summed E-state index contributed by atoms with van der Waals surface area (Å²) in [6.07, 6.45) is 1.45. The summed E-state index contributed by atoms with van der Waals surface area (Å²) in [6, 6.07) is 7.30. The first-order valence-electron chi connectivity index (χ1n) is 6.14. The number of fused-ring (bicyclic) bond motifs is 1. The van der Waals surface area contributed by atoms with Crippen molar-refractivity contribution in [3.8, 4) is 5.75 Å². The number of hydrogen-bond donors (Lipinski definition) is 1. The van der Waals surface area contributed by atoms with Crippen LogP contribution < -0.4 is 10.1 Å². The van der Waals surface area contributed by atoms with E-state index in [0.29, 0.717) is 11.3 Å². The van der Waals surface area contributed by atoms with Gasteiger partial charge in [-0.1, -0.05) is 12.1 Å². The normalized spacial score (nSPS) is 21.6. The van der Waals surface area contributed by atoms with E-state index in [2.05, 4.69) is 5.32 Å². The van der Waals surface area contributed by atoms with E-state index in [1.54, 1.807) is 6.07 Å². The molecule has 0 radical (unpaired) electrons. The number of amides is 1. The molecule has 1 spiro atoms. The largest absolute Gasteiger partial charge is 0.465 e. The SMILES string of the molecule is CON1C(=O)c2ccccc2OC12CCNCC2. The van der Waals surface area contributed by atoms with Crippen molar-refractivity contribution in [3.05, 3.63) is 29.8 Å². The predicted molar refractivity (Wildman–Crippen MR) is 65.1 cm³/mol. The highest BCUT2D eigenvalue weighted by molar-refractivity contribution is 5.97. The highest BCUT2D eigenvalue weighted by Crippen LogP contribution is 2.38. The molecule has 1 saturated heterocycles. The van der Waals surface area contributed by atoms with E-state index in [4.69, 9.17) is 9.57 Å². The zero-order valence-corrected chi connectivity index (χ0v) is 10.3. The van der Waals surface area contributed by atoms with Crippen molar-refractivity contribution >= 4 is 5.91 Å². The number of piperidine rings is 1. The Morgan fingerprint density at radius 2 is 2.06 bits per heavy atom. The van der Waals surface area contributed by atoms with Crippen LogP contribution in [0.3, 0.4) is 0 Å². The van der Waals surface area contributed by atoms with Crippen LogP contribution >= 0.6 is 0 Å². The fraction of sp³-hybridized carbons (Fsp3) is 0.462. The zero-order valence-electron chi connectivity index (χ0n) is 10.3. The van der Waals surface area contributed by atoms with Crippen molar-refractivity contribution in [2.45, 2.75) is 18.6 Å². The quantitative estimate of drug-likeness (QED) is 0.810. The molecule has 1 aromatic carbocycles. The van der Waals surface area contributed by atoms with E-state index in [1.165, 1.54) is 12.2 Å². The molecular formula is C13H16N2O3. The summed E-state index contributed by atoms with van der Waals surface area (Å²) in [5.41, 5.74) is -0.102. The van der Waals surface area contributed by atoms with Crippen LogP contribution in [0.15, 0.2) is 24.3 Å². The second kappa shape index (κ2) is 4.26. The van der Waals surface area contributed by atoms with Crippen LogP contribution in [0, 0.1) is 0 Å². The van der Waals surface area contributed by atoms with Gasteiger partial charge >= 0.3 is 0 Å². The summed E-state index contributed by atoms with van der Waals surface area (Å²) in [4.78, 5) is 17.7. The average Bonchev–Trinajstić information content (AvgIpc) is 2.40. The minimum absolute atomic E-state index is 0.124. The zero-order chi connectivity index (χ0) is 12.6. The van der Waals surface area contributed by atoms with Crippen molar-refractivity contribution in [1.29, 1.82) is 0 Å². The number of nitrogens with one attached hydrogen (secondary N) is 1. The summed E-state index contributed by atoms with van der Waals surface area (Å²) in [6.45, 7) is 1.63. The van der Waals surface area contributed by atoms with Gasteiger partial charge in [0.15, 0.2) is 0 Å². The van der Waals surface area contributed by atoms with Crippen LogP contribution in [0.25, 0.3) is 0 Å². The third-order valence-electron chi connectivity index (χ3n) is 3.54. The number of hydrogen-bond acceptors (Lipinski definition) is 4. The molecule has 1 fully saturated rings. The van der Waals surface area contributed by atoms with Crippen LogP contribution in [0.4, 0.5) is 0 Å². The van der Waals surface area contributed by atoms with Crippen LogP contribution in [-0.2, 0) is 4.84 Å². The lowest BCUT2D eigenvalue weighted by molar-refractivity contribution is -0.246. The van der Waals surface area contributed by atoms with Gasteiger partial charge in [-0.3, -0.25) is 9.63 Å². The molecule has 0 bridgehead atoms. The summed E-state index contributed by atoms with van der Waals surface area (Å²) in [7, 11) is 1.51. The standard InChI is InChI=1S/C13H16N2O3/c1-17-15-12(16)10-4-2-3-5-11(10)18-13(15)6-8-14-9-7-13/h2-5,14H,6-9H2,1H3. The first kappa shape index (κ1) is 11.5. The molecule has 96 valence electrons. The Morgan fingerprint density at radius 1 is 1.33 bits per heavy atom. The first-order valence-corrected chi connectivity index (χ1v) is 6.14. The van der Waals surface area contributed by atoms with Crippen LogP contribution in [0.1, 0.15) is 23.2 Å². The van der Waals surface area contributed by atoms with Crippen molar-refractivity contribution < 1.29 is 14.4 Å². The molecule has 2 heterocycles. The minimum atomic E-state index is -0.661. The summed E-state index contributed by atoms with van der Waals surface area (Å²) in [5.74, 6) is 0.527. The molecule has 5 heteroatoms. The monoisotopic (exact) mass is 248 g/mol. The lowest BCUT2D eigenvalue weighted by Gasteiger charge is -2.47. The van der Waals surface area contributed by atoms with E-state index < -0.39 is 5.72 Å². The molecule has 1 N–H and O–H groups in total. The number of carbonyl (C=O) groups is 1. The summed E-state index contributed by atoms with van der Waals surface area (Å²) >= 11 is 0. The smallest absolute Gasteiger partial charge is 0.284 e. The molecule has 1 aromatic rings. The van der Waals surface area contributed by atoms with Gasteiger partial charge < -0.3 is 10.1 Å². The third-order valence-corrected chi connectivity index (χ3v) is 3.54. The Labute approximate surface area is 106 Å². The van der Waals surface area contributed by atoms with Crippen LogP contribution in [0.5, 0.6) is 5.75 Å². The topological polar surface area (TPSA) is 50.8 Å². The van der Waals surface area contributed by atoms with E-state index >= 15 is 0 Å². The molecule has 0 atom stereocenters. The number of benzene rings is 1. The molecule has 2 aliphatic rings. The molecule has 0 aromatic heterocycles. The van der Waals surface area contributed by atoms with Crippen molar-refractivity contribution in [2.24, 2.45) is 0 Å². The van der Waals surface area contributed by atoms with Gasteiger partial charge in [0.2, 0.25) is 5.72 Å². The molecule has 1 amide bonds. The van der Waals surface area contributed by atoms with Crippen molar-refractivity contribution in [1.82, 2.24) is 10.4 Å². The maximum Gasteiger partial charge on any atom is 0.284 e. The Balaban J connectivity index is 2.04. The van der Waals surface area contributed by atoms with E-state index in [-0.39, 0.29) is 5.91 Å². The van der Waals surface area contributed by atoms with E-state index in [9.17, 15) is 4.79 Å². The molecular weight excluding hydrogens is 232 g/mol. The molecule has 5 nitrogen and oxygen atoms in total. The maximum atomic E-state index is 12.4. The molecule has 18 heavy (non-hydrogen) atoms. The van der Waals surface area contributed by atoms with Gasteiger partial charge in [0.25, 0.3) is 5.91 Å². The number of nitrogens with zero attached hydrogens (tertiary/aromatic N) is 1. The van der Waals surface area contributed by atoms with Gasteiger partial charge in [0, 0.05) is 25.9 Å². The fourth-order valence-electron chi connectivity index (χ4n) is 2.64. The van der Waals surface area contributed by atoms with Gasteiger partial charge in [0.1, 0.15) is 5.75 Å². The molecule has 2 aliphatic heterocycles. The van der Waals surface area contributed by atoms with Crippen LogP contribution in [-0.4, -0.2) is 36.9 Å². The third kappa shape index (κ3) is 1.59. The Morgan fingerprint density at radius 3 is 2.78 bits per heavy atom. The minimum Gasteiger partial charge on any atom is -0.465 e. The second-order valence-electron chi connectivity index (χ2n) is 4.58. The van der Waals surface area contributed by atoms with Crippen molar-refractivity contribution in [3.63, 3.8) is 0 Å². The van der Waals surface area contributed by atoms with Gasteiger partial charge in [-0.25, -0.2) is 0 Å². The number of para-hydroxylation sites is 1. The lowest BCUT2D eigenvalue weighted by atomic mass is 9.97. The van der Waals surface area contributed by atoms with E-state index in [1.807, 2.05) is 18.2 Å². The number of carbonyl (C=O) groups excluding carboxylic acids is 1. The van der Waals surface area contributed by atoms with Gasteiger partial charge in [-0.05, 0) is 12.1 Å². The Kier molecular flexibility index (Phi) is 2.72. The Bertz CT molecular complexity index is 469. The number of ether oxygens (including phenoxy) is 1. The highest BCUT2D eigenvalue weighted by atomic mass is 16.7. The second-order valence-corrected chi connectivity index (χ2v) is 4.58. The average molecular weight is 248 g/mol. The van der Waals surface area contributed by atoms with E-state index in [0.717, 1.165) is 25.9 Å².